The van der Waals surface area contributed by atoms with Gasteiger partial charge in [0.1, 0.15) is 0 Å². The van der Waals surface area contributed by atoms with Crippen molar-refractivity contribution >= 4 is 25.1 Å². The molecular weight excluding hydrogens is 454 g/mol. The topological polar surface area (TPSA) is 0 Å². The Labute approximate surface area is 184 Å². The van der Waals surface area contributed by atoms with Gasteiger partial charge < -0.3 is 0 Å². The zero-order chi connectivity index (χ0) is 20.5. The number of hydrogen-bond acceptors (Lipinski definition) is 0. The molecular formula is C22H44Cl2SiZr. The molecule has 6 atom stereocenters. The van der Waals surface area contributed by atoms with Gasteiger partial charge in [0.2, 0.25) is 0 Å². The Balaban J connectivity index is 0.00000105. The van der Waals surface area contributed by atoms with Crippen LogP contribution in [0.15, 0.2) is 0 Å². The molecule has 0 radical (unpaired) electrons. The van der Waals surface area contributed by atoms with Crippen molar-refractivity contribution in [2.45, 2.75) is 105 Å². The molecule has 0 nitrogen and oxygen atoms in total. The van der Waals surface area contributed by atoms with E-state index in [0.717, 1.165) is 34.8 Å². The summed E-state index contributed by atoms with van der Waals surface area (Å²) in [7, 11) is 8.66. The summed E-state index contributed by atoms with van der Waals surface area (Å²) in [5.41, 5.74) is 3.11. The van der Waals surface area contributed by atoms with E-state index in [4.69, 9.17) is 17.0 Å². The fourth-order valence-electron chi connectivity index (χ4n) is 6.26. The van der Waals surface area contributed by atoms with Gasteiger partial charge in [-0.2, -0.15) is 0 Å². The van der Waals surface area contributed by atoms with Crippen LogP contribution in [0, 0.1) is 34.5 Å². The van der Waals surface area contributed by atoms with Crippen LogP contribution < -0.4 is 0 Å². The summed E-state index contributed by atoms with van der Waals surface area (Å²) in [5, 5.41) is 0. The van der Waals surface area contributed by atoms with Crippen molar-refractivity contribution in [3.05, 3.63) is 0 Å². The average molecular weight is 499 g/mol. The summed E-state index contributed by atoms with van der Waals surface area (Å²) in [5.74, 6) is 3.82. The van der Waals surface area contributed by atoms with Crippen molar-refractivity contribution in [1.82, 2.24) is 0 Å². The SMILES string of the molecule is CC1CC(C(C)(C)C)CC1[Si](C)(C)C1CC(C(C)(C)C)CC1C.[Cl][Zr][Cl]. The molecule has 0 aliphatic heterocycles. The normalized spacial score (nSPS) is 35.8. The Bertz CT molecular complexity index is 400. The van der Waals surface area contributed by atoms with E-state index in [1.807, 2.05) is 0 Å². The molecule has 2 aliphatic rings. The molecule has 2 fully saturated rings. The van der Waals surface area contributed by atoms with E-state index in [1.54, 1.807) is 0 Å². The van der Waals surface area contributed by atoms with Gasteiger partial charge in [0, 0.05) is 0 Å². The predicted molar refractivity (Wildman–Crippen MR) is 119 cm³/mol. The Hall–Kier alpha value is 1.68. The average Bonchev–Trinajstić information content (AvgIpc) is 3.02. The second-order valence-corrected chi connectivity index (χ2v) is 21.0. The minimum absolute atomic E-state index is 0.503. The molecule has 0 aromatic rings. The van der Waals surface area contributed by atoms with Gasteiger partial charge >= 0.3 is 37.9 Å². The van der Waals surface area contributed by atoms with Gasteiger partial charge in [0.15, 0.2) is 0 Å². The van der Waals surface area contributed by atoms with Crippen molar-refractivity contribution in [2.75, 3.05) is 0 Å². The second kappa shape index (κ2) is 9.66. The van der Waals surface area contributed by atoms with Crippen LogP contribution in [0.5, 0.6) is 0 Å². The molecule has 0 saturated heterocycles. The first kappa shape index (κ1) is 25.7. The summed E-state index contributed by atoms with van der Waals surface area (Å²) in [6.45, 7) is 25.5. The van der Waals surface area contributed by atoms with Crippen LogP contribution >= 0.6 is 17.0 Å². The molecule has 4 heteroatoms. The van der Waals surface area contributed by atoms with Crippen molar-refractivity contribution in [3.8, 4) is 0 Å². The van der Waals surface area contributed by atoms with E-state index < -0.39 is 28.9 Å². The van der Waals surface area contributed by atoms with Gasteiger partial charge in [0.25, 0.3) is 0 Å². The van der Waals surface area contributed by atoms with Crippen LogP contribution in [-0.4, -0.2) is 8.07 Å². The van der Waals surface area contributed by atoms with Gasteiger partial charge in [-0.15, -0.1) is 0 Å². The predicted octanol–water partition coefficient (Wildman–Crippen LogP) is 9.00. The number of hydrogen-bond donors (Lipinski definition) is 0. The Morgan fingerprint density at radius 3 is 1.15 bits per heavy atom. The monoisotopic (exact) mass is 496 g/mol. The zero-order valence-corrected chi connectivity index (χ0v) is 24.0. The summed E-state index contributed by atoms with van der Waals surface area (Å²) >= 11 is -0.826. The molecule has 0 amide bonds. The van der Waals surface area contributed by atoms with Gasteiger partial charge in [0.05, 0.1) is 8.07 Å². The first-order chi connectivity index (χ1) is 11.7. The molecule has 2 aliphatic carbocycles. The maximum atomic E-state index is 4.93. The van der Waals surface area contributed by atoms with Crippen LogP contribution in [0.3, 0.4) is 0 Å². The maximum absolute atomic E-state index is 4.93. The van der Waals surface area contributed by atoms with Crippen LogP contribution in [0.4, 0.5) is 0 Å². The van der Waals surface area contributed by atoms with Gasteiger partial charge in [-0.25, -0.2) is 0 Å². The molecule has 2 saturated carbocycles. The third-order valence-corrected chi connectivity index (χ3v) is 13.6. The first-order valence-corrected chi connectivity index (χ1v) is 20.1. The third-order valence-electron chi connectivity index (χ3n) is 8.12. The molecule has 0 N–H and O–H groups in total. The fraction of sp³-hybridized carbons (Fsp3) is 1.00. The van der Waals surface area contributed by atoms with E-state index in [2.05, 4.69) is 68.5 Å². The summed E-state index contributed by atoms with van der Waals surface area (Å²) in [6.07, 6.45) is 6.00. The van der Waals surface area contributed by atoms with E-state index in [9.17, 15) is 0 Å². The molecule has 154 valence electrons. The quantitative estimate of drug-likeness (QED) is 0.333. The summed E-state index contributed by atoms with van der Waals surface area (Å²) in [4.78, 5) is 0. The van der Waals surface area contributed by atoms with Crippen LogP contribution in [0.2, 0.25) is 24.2 Å². The standard InChI is InChI=1S/C22H44Si.2ClH.Zr/c1-15-11-17(21(3,4)5)13-19(15)23(9,10)20-14-18(12-16(20)2)22(6,7)8;;;/h15-20H,11-14H2,1-10H3;2*1H;/q;;;+2/p-2. The van der Waals surface area contributed by atoms with Crippen molar-refractivity contribution < 1.29 is 20.8 Å². The van der Waals surface area contributed by atoms with E-state index in [-0.39, 0.29) is 0 Å². The molecule has 0 spiro atoms. The first-order valence-electron chi connectivity index (χ1n) is 10.6. The molecule has 0 aromatic carbocycles. The van der Waals surface area contributed by atoms with Crippen molar-refractivity contribution in [1.29, 1.82) is 0 Å². The molecule has 0 heterocycles. The van der Waals surface area contributed by atoms with Crippen LogP contribution in [0.25, 0.3) is 0 Å². The number of rotatable bonds is 2. The fourth-order valence-corrected chi connectivity index (χ4v) is 11.8. The van der Waals surface area contributed by atoms with Gasteiger partial charge in [-0.1, -0.05) is 68.5 Å². The third kappa shape index (κ3) is 6.34. The molecule has 0 bridgehead atoms. The van der Waals surface area contributed by atoms with Crippen LogP contribution in [0.1, 0.15) is 81.1 Å². The van der Waals surface area contributed by atoms with Gasteiger partial charge in [-0.05, 0) is 71.3 Å². The van der Waals surface area contributed by atoms with E-state index >= 15 is 0 Å². The molecule has 26 heavy (non-hydrogen) atoms. The summed E-state index contributed by atoms with van der Waals surface area (Å²) in [6, 6.07) is 0. The van der Waals surface area contributed by atoms with Gasteiger partial charge in [-0.3, -0.25) is 0 Å². The molecule has 2 rings (SSSR count). The molecule has 0 aromatic heterocycles. The zero-order valence-electron chi connectivity index (χ0n) is 19.0. The Kier molecular flexibility index (Phi) is 9.55. The van der Waals surface area contributed by atoms with Crippen molar-refractivity contribution in [3.63, 3.8) is 0 Å². The Morgan fingerprint density at radius 1 is 0.692 bits per heavy atom. The van der Waals surface area contributed by atoms with E-state index in [0.29, 0.717) is 10.8 Å². The second-order valence-electron chi connectivity index (χ2n) is 12.1. The summed E-state index contributed by atoms with van der Waals surface area (Å²) < 4.78 is 0. The molecule has 6 unspecified atom stereocenters. The number of halogens is 2. The van der Waals surface area contributed by atoms with E-state index in [1.165, 1.54) is 25.7 Å². The van der Waals surface area contributed by atoms with Crippen molar-refractivity contribution in [2.24, 2.45) is 34.5 Å². The Morgan fingerprint density at radius 2 is 0.962 bits per heavy atom. The minimum atomic E-state index is -1.20. The van der Waals surface area contributed by atoms with Crippen LogP contribution in [-0.2, 0) is 20.8 Å².